The van der Waals surface area contributed by atoms with E-state index in [4.69, 9.17) is 16.3 Å². The number of aliphatic hydroxyl groups is 1. The SMILES string of the molecule is CCCCC[C@@H]1C/C=C/[C@H](O)[C@@H]2CC[C@H]2CN2C[C@@]3(CCCc4cc(Cl)ccc43)COc3ccc(cc32)C(=O)NS(=O)(=O)C1. The Labute approximate surface area is 267 Å². The lowest BCUT2D eigenvalue weighted by molar-refractivity contribution is 0.0455. The quantitative estimate of drug-likeness (QED) is 0.296. The molecule has 238 valence electrons. The van der Waals surface area contributed by atoms with E-state index in [-0.39, 0.29) is 28.9 Å². The van der Waals surface area contributed by atoms with Crippen molar-refractivity contribution in [3.8, 4) is 5.75 Å². The molecule has 2 aliphatic carbocycles. The molecular weight excluding hydrogens is 596 g/mol. The van der Waals surface area contributed by atoms with Crippen LogP contribution in [0.25, 0.3) is 0 Å². The largest absolute Gasteiger partial charge is 0.490 e. The highest BCUT2D eigenvalue weighted by Gasteiger charge is 2.44. The molecule has 2 N–H and O–H groups in total. The Morgan fingerprint density at radius 2 is 2.02 bits per heavy atom. The normalized spacial score (nSPS) is 30.6. The van der Waals surface area contributed by atoms with E-state index in [2.05, 4.69) is 28.7 Å². The number of aliphatic hydroxyl groups excluding tert-OH is 1. The Hall–Kier alpha value is -2.55. The summed E-state index contributed by atoms with van der Waals surface area (Å²) < 4.78 is 35.4. The van der Waals surface area contributed by atoms with Crippen LogP contribution in [-0.4, -0.2) is 51.0 Å². The molecule has 2 bridgehead atoms. The van der Waals surface area contributed by atoms with Gasteiger partial charge in [0.1, 0.15) is 5.75 Å². The second kappa shape index (κ2) is 13.1. The van der Waals surface area contributed by atoms with Gasteiger partial charge in [-0.05, 0) is 104 Å². The summed E-state index contributed by atoms with van der Waals surface area (Å²) in [6.45, 7) is 4.05. The van der Waals surface area contributed by atoms with E-state index in [0.717, 1.165) is 75.0 Å². The molecule has 1 saturated carbocycles. The first-order valence-corrected chi connectivity index (χ1v) is 18.4. The van der Waals surface area contributed by atoms with E-state index < -0.39 is 22.0 Å². The molecule has 0 saturated heterocycles. The number of benzene rings is 2. The maximum Gasteiger partial charge on any atom is 0.264 e. The van der Waals surface area contributed by atoms with E-state index >= 15 is 0 Å². The van der Waals surface area contributed by atoms with E-state index in [1.165, 1.54) is 11.1 Å². The van der Waals surface area contributed by atoms with Gasteiger partial charge < -0.3 is 14.7 Å². The zero-order chi connectivity index (χ0) is 30.9. The van der Waals surface area contributed by atoms with Gasteiger partial charge in [0, 0.05) is 29.1 Å². The second-order valence-electron chi connectivity index (χ2n) is 13.5. The topological polar surface area (TPSA) is 95.9 Å². The highest BCUT2D eigenvalue weighted by molar-refractivity contribution is 7.90. The number of unbranched alkanes of at least 4 members (excludes halogenated alkanes) is 2. The van der Waals surface area contributed by atoms with Crippen molar-refractivity contribution in [2.45, 2.75) is 82.7 Å². The van der Waals surface area contributed by atoms with Crippen LogP contribution in [0.3, 0.4) is 0 Å². The van der Waals surface area contributed by atoms with Gasteiger partial charge in [0.2, 0.25) is 10.0 Å². The van der Waals surface area contributed by atoms with Crippen LogP contribution >= 0.6 is 11.6 Å². The third kappa shape index (κ3) is 6.68. The number of aryl methyl sites for hydroxylation is 1. The van der Waals surface area contributed by atoms with Gasteiger partial charge in [0.15, 0.2) is 0 Å². The molecule has 2 aromatic carbocycles. The lowest BCUT2D eigenvalue weighted by atomic mass is 9.68. The molecule has 4 aliphatic rings. The van der Waals surface area contributed by atoms with Crippen LogP contribution in [0, 0.1) is 17.8 Å². The van der Waals surface area contributed by atoms with Gasteiger partial charge in [0.25, 0.3) is 5.91 Å². The van der Waals surface area contributed by atoms with Gasteiger partial charge in [0.05, 0.1) is 24.2 Å². The molecule has 2 heterocycles. The first-order valence-electron chi connectivity index (χ1n) is 16.4. The van der Waals surface area contributed by atoms with Gasteiger partial charge in [-0.3, -0.25) is 4.79 Å². The fourth-order valence-electron chi connectivity index (χ4n) is 7.87. The van der Waals surface area contributed by atoms with Crippen molar-refractivity contribution < 1.29 is 23.1 Å². The zero-order valence-corrected chi connectivity index (χ0v) is 27.2. The van der Waals surface area contributed by atoms with E-state index in [1.54, 1.807) is 18.2 Å². The molecule has 0 radical (unpaired) electrons. The Bertz CT molecular complexity index is 1510. The van der Waals surface area contributed by atoms with Crippen molar-refractivity contribution >= 4 is 33.2 Å². The van der Waals surface area contributed by atoms with Crippen molar-refractivity contribution in [3.63, 3.8) is 0 Å². The molecule has 1 amide bonds. The third-order valence-electron chi connectivity index (χ3n) is 10.4. The molecule has 1 fully saturated rings. The Morgan fingerprint density at radius 3 is 2.82 bits per heavy atom. The number of allylic oxidation sites excluding steroid dienone is 1. The lowest BCUT2D eigenvalue weighted by Crippen LogP contribution is -2.49. The van der Waals surface area contributed by atoms with E-state index in [9.17, 15) is 18.3 Å². The molecule has 2 aliphatic heterocycles. The average molecular weight is 641 g/mol. The monoisotopic (exact) mass is 640 g/mol. The molecule has 0 unspecified atom stereocenters. The second-order valence-corrected chi connectivity index (χ2v) is 15.7. The fraction of sp³-hybridized carbons (Fsp3) is 0.571. The number of ether oxygens (including phenoxy) is 1. The van der Waals surface area contributed by atoms with Crippen molar-refractivity contribution in [3.05, 3.63) is 70.3 Å². The first kappa shape index (κ1) is 31.4. The number of nitrogens with one attached hydrogen (secondary N) is 1. The van der Waals surface area contributed by atoms with Crippen molar-refractivity contribution in [1.82, 2.24) is 4.72 Å². The fourth-order valence-corrected chi connectivity index (χ4v) is 9.47. The number of halogens is 1. The summed E-state index contributed by atoms with van der Waals surface area (Å²) in [4.78, 5) is 15.7. The lowest BCUT2D eigenvalue weighted by Gasteiger charge is -2.45. The number of rotatable bonds is 4. The molecule has 1 spiro atoms. The summed E-state index contributed by atoms with van der Waals surface area (Å²) in [7, 11) is -3.87. The number of carbonyl (C=O) groups excluding carboxylic acids is 1. The van der Waals surface area contributed by atoms with Crippen LogP contribution in [0.1, 0.15) is 86.2 Å². The summed E-state index contributed by atoms with van der Waals surface area (Å²) >= 11 is 6.40. The van der Waals surface area contributed by atoms with Crippen molar-refractivity contribution in [2.75, 3.05) is 30.3 Å². The number of carbonyl (C=O) groups is 1. The number of anilines is 1. The van der Waals surface area contributed by atoms with Crippen LogP contribution in [0.2, 0.25) is 5.02 Å². The van der Waals surface area contributed by atoms with Crippen molar-refractivity contribution in [1.29, 1.82) is 0 Å². The van der Waals surface area contributed by atoms with Gasteiger partial charge in [-0.1, -0.05) is 56.0 Å². The first-order chi connectivity index (χ1) is 21.2. The number of sulfonamides is 1. The molecular formula is C35H45ClN2O5S. The number of nitrogens with zero attached hydrogens (tertiary/aromatic N) is 1. The van der Waals surface area contributed by atoms with E-state index in [0.29, 0.717) is 30.9 Å². The predicted octanol–water partition coefficient (Wildman–Crippen LogP) is 6.42. The number of hydrogen-bond acceptors (Lipinski definition) is 6. The number of hydrogen-bond donors (Lipinski definition) is 2. The summed E-state index contributed by atoms with van der Waals surface area (Å²) in [6, 6.07) is 11.4. The standard InChI is InChI=1S/C35H45ClN2O5S/c1-2-3-4-7-24-8-5-10-32(39)29-14-11-27(29)20-38-22-35(17-6-9-25-18-28(36)13-15-30(25)35)23-43-33-16-12-26(19-31(33)38)34(40)37-44(41,42)21-24/h5,10,12-13,15-16,18-19,24,27,29,32,39H,2-4,6-9,11,14,17,20-23H2,1H3,(H,37,40)/b10-5+/t24-,27+,29-,32+,35+/m1/s1. The minimum atomic E-state index is -3.87. The van der Waals surface area contributed by atoms with Crippen molar-refractivity contribution in [2.24, 2.45) is 17.8 Å². The molecule has 7 nitrogen and oxygen atoms in total. The van der Waals surface area contributed by atoms with Gasteiger partial charge in [-0.2, -0.15) is 0 Å². The van der Waals surface area contributed by atoms with Crippen LogP contribution in [0.5, 0.6) is 5.75 Å². The van der Waals surface area contributed by atoms with Crippen LogP contribution < -0.4 is 14.4 Å². The minimum Gasteiger partial charge on any atom is -0.490 e. The highest BCUT2D eigenvalue weighted by atomic mass is 35.5. The van der Waals surface area contributed by atoms with Crippen LogP contribution in [0.15, 0.2) is 48.6 Å². The summed E-state index contributed by atoms with van der Waals surface area (Å²) in [6.07, 6.45) is 12.6. The van der Waals surface area contributed by atoms with Crippen LogP contribution in [-0.2, 0) is 21.9 Å². The average Bonchev–Trinajstić information content (AvgIpc) is 3.11. The van der Waals surface area contributed by atoms with E-state index in [1.807, 2.05) is 18.2 Å². The number of fused-ring (bicyclic) bond motifs is 4. The van der Waals surface area contributed by atoms with Gasteiger partial charge in [-0.15, -0.1) is 0 Å². The molecule has 44 heavy (non-hydrogen) atoms. The molecule has 9 heteroatoms. The summed E-state index contributed by atoms with van der Waals surface area (Å²) in [5.74, 6) is 0.250. The predicted molar refractivity (Wildman–Crippen MR) is 175 cm³/mol. The molecule has 6 rings (SSSR count). The molecule has 2 aromatic rings. The Kier molecular flexibility index (Phi) is 9.32. The Morgan fingerprint density at radius 1 is 1.16 bits per heavy atom. The smallest absolute Gasteiger partial charge is 0.264 e. The molecule has 5 atom stereocenters. The number of amides is 1. The summed E-state index contributed by atoms with van der Waals surface area (Å²) in [5, 5.41) is 12.0. The van der Waals surface area contributed by atoms with Crippen LogP contribution in [0.4, 0.5) is 5.69 Å². The summed E-state index contributed by atoms with van der Waals surface area (Å²) in [5.41, 5.74) is 3.36. The van der Waals surface area contributed by atoms with Gasteiger partial charge >= 0.3 is 0 Å². The Balaban J connectivity index is 1.36. The zero-order valence-electron chi connectivity index (χ0n) is 25.6. The maximum absolute atomic E-state index is 13.4. The minimum absolute atomic E-state index is 0.124. The third-order valence-corrected chi connectivity index (χ3v) is 12.0. The van der Waals surface area contributed by atoms with Gasteiger partial charge in [-0.25, -0.2) is 13.1 Å². The molecule has 0 aromatic heterocycles. The maximum atomic E-state index is 13.4. The highest BCUT2D eigenvalue weighted by Crippen LogP contribution is 2.46.